The molecular formula is C27H35O5PS. The SMILES string of the molecule is Cc1ccc(S(=O)(=O)O)cc1.OCCCCc1ccc(Pc2ccc(CCCCO)cc2)cc1. The Bertz CT molecular complexity index is 1010. The molecule has 3 N–H and O–H groups in total. The third kappa shape index (κ3) is 10.9. The Morgan fingerprint density at radius 1 is 0.647 bits per heavy atom. The molecule has 0 atom stereocenters. The molecule has 0 aliphatic carbocycles. The van der Waals surface area contributed by atoms with Crippen molar-refractivity contribution < 1.29 is 23.2 Å². The zero-order valence-electron chi connectivity index (χ0n) is 19.7. The van der Waals surface area contributed by atoms with Crippen LogP contribution in [0.2, 0.25) is 0 Å². The Hall–Kier alpha value is -2.08. The van der Waals surface area contributed by atoms with Crippen LogP contribution < -0.4 is 10.6 Å². The summed E-state index contributed by atoms with van der Waals surface area (Å²) >= 11 is 0. The molecule has 0 amide bonds. The van der Waals surface area contributed by atoms with E-state index in [4.69, 9.17) is 14.8 Å². The Labute approximate surface area is 205 Å². The van der Waals surface area contributed by atoms with E-state index in [0.29, 0.717) is 8.58 Å². The Morgan fingerprint density at radius 2 is 1.06 bits per heavy atom. The van der Waals surface area contributed by atoms with Gasteiger partial charge in [-0.15, -0.1) is 0 Å². The van der Waals surface area contributed by atoms with E-state index in [2.05, 4.69) is 48.5 Å². The average Bonchev–Trinajstić information content (AvgIpc) is 2.82. The summed E-state index contributed by atoms with van der Waals surface area (Å²) in [5.41, 5.74) is 3.66. The smallest absolute Gasteiger partial charge is 0.294 e. The molecule has 34 heavy (non-hydrogen) atoms. The molecule has 0 saturated carbocycles. The Balaban J connectivity index is 0.000000310. The van der Waals surface area contributed by atoms with Crippen molar-refractivity contribution in [3.63, 3.8) is 0 Å². The molecule has 5 nitrogen and oxygen atoms in total. The fraction of sp³-hybridized carbons (Fsp3) is 0.333. The molecule has 0 radical (unpaired) electrons. The van der Waals surface area contributed by atoms with Crippen LogP contribution in [0.15, 0.2) is 77.7 Å². The second-order valence-corrected chi connectivity index (χ2v) is 11.0. The Morgan fingerprint density at radius 3 is 1.41 bits per heavy atom. The van der Waals surface area contributed by atoms with Gasteiger partial charge in [0.25, 0.3) is 10.1 Å². The molecule has 0 aliphatic rings. The summed E-state index contributed by atoms with van der Waals surface area (Å²) in [5, 5.41) is 20.4. The summed E-state index contributed by atoms with van der Waals surface area (Å²) in [6.07, 6.45) is 5.97. The first kappa shape index (κ1) is 28.2. The topological polar surface area (TPSA) is 94.8 Å². The normalized spacial score (nSPS) is 11.1. The maximum absolute atomic E-state index is 10.5. The van der Waals surface area contributed by atoms with Gasteiger partial charge in [0.15, 0.2) is 0 Å². The van der Waals surface area contributed by atoms with Gasteiger partial charge >= 0.3 is 0 Å². The predicted molar refractivity (Wildman–Crippen MR) is 142 cm³/mol. The highest BCUT2D eigenvalue weighted by atomic mass is 32.2. The van der Waals surface area contributed by atoms with Gasteiger partial charge in [0, 0.05) is 13.2 Å². The third-order valence-corrected chi connectivity index (χ3v) is 7.37. The lowest BCUT2D eigenvalue weighted by molar-refractivity contribution is 0.284. The van der Waals surface area contributed by atoms with Crippen molar-refractivity contribution in [2.24, 2.45) is 0 Å². The molecule has 3 aromatic rings. The van der Waals surface area contributed by atoms with E-state index in [0.717, 1.165) is 44.1 Å². The van der Waals surface area contributed by atoms with E-state index >= 15 is 0 Å². The highest BCUT2D eigenvalue weighted by Gasteiger charge is 2.06. The average molecular weight is 503 g/mol. The van der Waals surface area contributed by atoms with Gasteiger partial charge in [0.2, 0.25) is 0 Å². The monoisotopic (exact) mass is 502 g/mol. The van der Waals surface area contributed by atoms with Crippen LogP contribution in [0.1, 0.15) is 42.4 Å². The predicted octanol–water partition coefficient (Wildman–Crippen LogP) is 4.19. The quantitative estimate of drug-likeness (QED) is 0.208. The maximum atomic E-state index is 10.5. The minimum Gasteiger partial charge on any atom is -0.396 e. The number of hydrogen-bond donors (Lipinski definition) is 3. The molecule has 0 aromatic heterocycles. The molecule has 7 heteroatoms. The summed E-state index contributed by atoms with van der Waals surface area (Å²) in [7, 11) is -3.33. The molecule has 0 aliphatic heterocycles. The zero-order chi connectivity index (χ0) is 24.8. The van der Waals surface area contributed by atoms with E-state index in [1.807, 2.05) is 6.92 Å². The van der Waals surface area contributed by atoms with Crippen molar-refractivity contribution >= 4 is 29.3 Å². The lowest BCUT2D eigenvalue weighted by atomic mass is 10.1. The fourth-order valence-electron chi connectivity index (χ4n) is 3.27. The molecule has 0 bridgehead atoms. The molecule has 0 saturated heterocycles. The minimum atomic E-state index is -4.02. The maximum Gasteiger partial charge on any atom is 0.294 e. The van der Waals surface area contributed by atoms with Crippen LogP contribution >= 0.6 is 8.58 Å². The summed E-state index contributed by atoms with van der Waals surface area (Å²) < 4.78 is 29.6. The van der Waals surface area contributed by atoms with Gasteiger partial charge in [-0.25, -0.2) is 0 Å². The second-order valence-electron chi connectivity index (χ2n) is 8.17. The number of hydrogen-bond acceptors (Lipinski definition) is 4. The van der Waals surface area contributed by atoms with Gasteiger partial charge < -0.3 is 10.2 Å². The molecule has 184 valence electrons. The number of aliphatic hydroxyl groups excluding tert-OH is 2. The van der Waals surface area contributed by atoms with Gasteiger partial charge in [0.1, 0.15) is 0 Å². The summed E-state index contributed by atoms with van der Waals surface area (Å²) in [5.74, 6) is 0. The number of rotatable bonds is 11. The number of benzene rings is 3. The highest BCUT2D eigenvalue weighted by molar-refractivity contribution is 7.85. The summed E-state index contributed by atoms with van der Waals surface area (Å²) in [6.45, 7) is 2.42. The van der Waals surface area contributed by atoms with Gasteiger partial charge in [-0.05, 0) is 79.3 Å². The summed E-state index contributed by atoms with van der Waals surface area (Å²) in [6, 6.07) is 23.7. The van der Waals surface area contributed by atoms with Crippen LogP contribution in [0.3, 0.4) is 0 Å². The van der Waals surface area contributed by atoms with Gasteiger partial charge in [0.05, 0.1) is 4.90 Å². The minimum absolute atomic E-state index is 0.0666. The molecule has 3 aromatic carbocycles. The van der Waals surface area contributed by atoms with E-state index in [9.17, 15) is 8.42 Å². The van der Waals surface area contributed by atoms with Crippen molar-refractivity contribution in [3.05, 3.63) is 89.5 Å². The lowest BCUT2D eigenvalue weighted by Gasteiger charge is -2.06. The molecular weight excluding hydrogens is 467 g/mol. The number of aryl methyl sites for hydroxylation is 3. The van der Waals surface area contributed by atoms with Crippen LogP contribution in [-0.2, 0) is 23.0 Å². The number of unbranched alkanes of at least 4 members (excludes halogenated alkanes) is 2. The van der Waals surface area contributed by atoms with Crippen molar-refractivity contribution in [2.45, 2.75) is 50.3 Å². The van der Waals surface area contributed by atoms with Crippen LogP contribution in [-0.4, -0.2) is 36.4 Å². The van der Waals surface area contributed by atoms with Gasteiger partial charge in [-0.1, -0.05) is 74.8 Å². The largest absolute Gasteiger partial charge is 0.396 e. The van der Waals surface area contributed by atoms with Crippen molar-refractivity contribution in [1.82, 2.24) is 0 Å². The van der Waals surface area contributed by atoms with E-state index in [1.165, 1.54) is 33.9 Å². The van der Waals surface area contributed by atoms with Crippen molar-refractivity contribution in [1.29, 1.82) is 0 Å². The van der Waals surface area contributed by atoms with E-state index in [1.54, 1.807) is 12.1 Å². The summed E-state index contributed by atoms with van der Waals surface area (Å²) in [4.78, 5) is -0.0666. The van der Waals surface area contributed by atoms with Crippen LogP contribution in [0.4, 0.5) is 0 Å². The molecule has 0 spiro atoms. The molecule has 0 unspecified atom stereocenters. The van der Waals surface area contributed by atoms with Gasteiger partial charge in [-0.3, -0.25) is 4.55 Å². The molecule has 3 rings (SSSR count). The van der Waals surface area contributed by atoms with Crippen molar-refractivity contribution in [3.8, 4) is 0 Å². The first-order valence-electron chi connectivity index (χ1n) is 11.5. The van der Waals surface area contributed by atoms with Crippen molar-refractivity contribution in [2.75, 3.05) is 13.2 Å². The van der Waals surface area contributed by atoms with Crippen LogP contribution in [0.25, 0.3) is 0 Å². The van der Waals surface area contributed by atoms with E-state index < -0.39 is 10.1 Å². The molecule has 0 heterocycles. The zero-order valence-corrected chi connectivity index (χ0v) is 21.5. The van der Waals surface area contributed by atoms with E-state index in [-0.39, 0.29) is 18.1 Å². The fourth-order valence-corrected chi connectivity index (χ4v) is 4.75. The highest BCUT2D eigenvalue weighted by Crippen LogP contribution is 2.14. The number of aliphatic hydroxyl groups is 2. The second kappa shape index (κ2) is 15.0. The van der Waals surface area contributed by atoms with Crippen LogP contribution in [0, 0.1) is 6.92 Å². The third-order valence-electron chi connectivity index (χ3n) is 5.26. The standard InChI is InChI=1S/C20H27O2P.C7H8O3S/c21-15-3-1-5-17-7-11-19(12-8-17)23-20-13-9-18(10-14-20)6-2-4-16-22;1-6-2-4-7(5-3-6)11(8,9)10/h7-14,21-23H,1-6,15-16H2;2-5H,1H3,(H,8,9,10). The molecule has 0 fully saturated rings. The van der Waals surface area contributed by atoms with Gasteiger partial charge in [-0.2, -0.15) is 8.42 Å². The lowest BCUT2D eigenvalue weighted by Crippen LogP contribution is -2.04. The van der Waals surface area contributed by atoms with Crippen LogP contribution in [0.5, 0.6) is 0 Å². The first-order valence-corrected chi connectivity index (χ1v) is 14.0. The first-order chi connectivity index (χ1) is 16.3. The Kier molecular flexibility index (Phi) is 12.4.